The van der Waals surface area contributed by atoms with Gasteiger partial charge in [0.05, 0.1) is 12.6 Å². The normalized spacial score (nSPS) is 13.0. The molecule has 0 bridgehead atoms. The summed E-state index contributed by atoms with van der Waals surface area (Å²) in [5, 5.41) is 24.5. The van der Waals surface area contributed by atoms with Crippen LogP contribution in [0.15, 0.2) is 82.8 Å². The summed E-state index contributed by atoms with van der Waals surface area (Å²) in [4.78, 5) is 9.05. The van der Waals surface area contributed by atoms with Crippen molar-refractivity contribution in [3.63, 3.8) is 0 Å². The van der Waals surface area contributed by atoms with Gasteiger partial charge in [-0.1, -0.05) is 60.7 Å². The van der Waals surface area contributed by atoms with Crippen LogP contribution < -0.4 is 0 Å². The van der Waals surface area contributed by atoms with Gasteiger partial charge < -0.3 is 10.2 Å². The minimum Gasteiger partial charge on any atom is -0.507 e. The van der Waals surface area contributed by atoms with Gasteiger partial charge in [0.1, 0.15) is 11.5 Å². The number of hydrogen-bond acceptors (Lipinski definition) is 4. The summed E-state index contributed by atoms with van der Waals surface area (Å²) >= 11 is 0. The monoisotopic (exact) mass is 382 g/mol. The molecule has 0 saturated heterocycles. The van der Waals surface area contributed by atoms with Gasteiger partial charge in [0.2, 0.25) is 0 Å². The third-order valence-electron chi connectivity index (χ3n) is 4.94. The van der Waals surface area contributed by atoms with Crippen molar-refractivity contribution >= 4 is 34.0 Å². The molecule has 0 fully saturated rings. The number of benzene rings is 4. The van der Waals surface area contributed by atoms with Crippen LogP contribution in [0.1, 0.15) is 18.1 Å². The molecule has 0 heterocycles. The summed E-state index contributed by atoms with van der Waals surface area (Å²) in [6, 6.07) is 22.9. The van der Waals surface area contributed by atoms with Crippen molar-refractivity contribution in [2.75, 3.05) is 6.54 Å². The highest BCUT2D eigenvalue weighted by Crippen LogP contribution is 2.26. The highest BCUT2D eigenvalue weighted by molar-refractivity contribution is 6.03. The molecule has 4 aromatic rings. The van der Waals surface area contributed by atoms with E-state index in [1.165, 1.54) is 0 Å². The maximum Gasteiger partial charge on any atom is 0.124 e. The van der Waals surface area contributed by atoms with Gasteiger partial charge in [0, 0.05) is 23.6 Å². The smallest absolute Gasteiger partial charge is 0.124 e. The molecule has 4 aromatic carbocycles. The van der Waals surface area contributed by atoms with Crippen molar-refractivity contribution in [3.05, 3.63) is 83.9 Å². The van der Waals surface area contributed by atoms with E-state index in [0.29, 0.717) is 17.7 Å². The molecule has 4 rings (SSSR count). The molecule has 1 atom stereocenters. The van der Waals surface area contributed by atoms with Crippen LogP contribution in [0.3, 0.4) is 0 Å². The van der Waals surface area contributed by atoms with Crippen LogP contribution in [-0.2, 0) is 0 Å². The van der Waals surface area contributed by atoms with Gasteiger partial charge in [-0.05, 0) is 40.6 Å². The average molecular weight is 382 g/mol. The number of aromatic hydroxyl groups is 2. The molecule has 0 aromatic heterocycles. The van der Waals surface area contributed by atoms with Crippen LogP contribution in [-0.4, -0.2) is 35.2 Å². The zero-order chi connectivity index (χ0) is 20.2. The lowest BCUT2D eigenvalue weighted by Gasteiger charge is -2.07. The lowest BCUT2D eigenvalue weighted by Crippen LogP contribution is -2.04. The molecule has 0 spiro atoms. The maximum atomic E-state index is 10.2. The Balaban J connectivity index is 1.52. The van der Waals surface area contributed by atoms with E-state index in [0.717, 1.165) is 21.5 Å². The molecule has 29 heavy (non-hydrogen) atoms. The SMILES string of the molecule is CC(CN=Cc1c(O)ccc2ccccc12)N=Cc1c(O)ccc2ccccc12. The van der Waals surface area contributed by atoms with Crippen molar-refractivity contribution in [2.45, 2.75) is 13.0 Å². The number of fused-ring (bicyclic) bond motifs is 2. The first-order valence-electron chi connectivity index (χ1n) is 9.58. The molecule has 0 radical (unpaired) electrons. The molecular weight excluding hydrogens is 360 g/mol. The van der Waals surface area contributed by atoms with E-state index < -0.39 is 0 Å². The van der Waals surface area contributed by atoms with Crippen molar-refractivity contribution < 1.29 is 10.2 Å². The fourth-order valence-corrected chi connectivity index (χ4v) is 3.39. The molecule has 0 aliphatic carbocycles. The molecule has 0 aliphatic rings. The van der Waals surface area contributed by atoms with Crippen LogP contribution in [0.5, 0.6) is 11.5 Å². The van der Waals surface area contributed by atoms with E-state index in [4.69, 9.17) is 0 Å². The van der Waals surface area contributed by atoms with E-state index in [2.05, 4.69) is 9.98 Å². The van der Waals surface area contributed by atoms with Crippen molar-refractivity contribution in [1.29, 1.82) is 0 Å². The molecule has 1 unspecified atom stereocenters. The zero-order valence-electron chi connectivity index (χ0n) is 16.2. The molecule has 4 nitrogen and oxygen atoms in total. The Labute approximate surface area is 169 Å². The predicted octanol–water partition coefficient (Wildman–Crippen LogP) is 5.33. The highest BCUT2D eigenvalue weighted by Gasteiger charge is 2.06. The summed E-state index contributed by atoms with van der Waals surface area (Å²) in [6.45, 7) is 2.45. The first-order chi connectivity index (χ1) is 14.1. The predicted molar refractivity (Wildman–Crippen MR) is 121 cm³/mol. The third-order valence-corrected chi connectivity index (χ3v) is 4.94. The zero-order valence-corrected chi connectivity index (χ0v) is 16.2. The molecule has 2 N–H and O–H groups in total. The standard InChI is InChI=1S/C25H22N2O2/c1-17(27-16-23-21-9-5-3-7-19(21)11-13-25(23)29)14-26-15-22-20-8-4-2-6-18(20)10-12-24(22)28/h2-13,15-17,28-29H,14H2,1H3. The number of phenolic OH excluding ortho intramolecular Hbond substituents is 2. The van der Waals surface area contributed by atoms with Crippen LogP contribution in [0.25, 0.3) is 21.5 Å². The van der Waals surface area contributed by atoms with Crippen molar-refractivity contribution in [1.82, 2.24) is 0 Å². The van der Waals surface area contributed by atoms with E-state index >= 15 is 0 Å². The largest absolute Gasteiger partial charge is 0.507 e. The van der Waals surface area contributed by atoms with E-state index in [-0.39, 0.29) is 17.5 Å². The van der Waals surface area contributed by atoms with Gasteiger partial charge in [-0.3, -0.25) is 9.98 Å². The number of aliphatic imine (C=N–C) groups is 2. The second kappa shape index (κ2) is 8.15. The number of hydrogen-bond donors (Lipinski definition) is 2. The molecule has 0 aliphatic heterocycles. The topological polar surface area (TPSA) is 65.2 Å². The van der Waals surface area contributed by atoms with Crippen LogP contribution in [0.4, 0.5) is 0 Å². The van der Waals surface area contributed by atoms with E-state index in [1.54, 1.807) is 24.6 Å². The number of phenols is 2. The van der Waals surface area contributed by atoms with Gasteiger partial charge in [0.25, 0.3) is 0 Å². The van der Waals surface area contributed by atoms with E-state index in [9.17, 15) is 10.2 Å². The summed E-state index contributed by atoms with van der Waals surface area (Å²) < 4.78 is 0. The van der Waals surface area contributed by atoms with Crippen molar-refractivity contribution in [3.8, 4) is 11.5 Å². The fraction of sp³-hybridized carbons (Fsp3) is 0.120. The molecular formula is C25H22N2O2. The summed E-state index contributed by atoms with van der Waals surface area (Å²) in [6.07, 6.45) is 3.42. The number of nitrogens with zero attached hydrogens (tertiary/aromatic N) is 2. The van der Waals surface area contributed by atoms with Crippen LogP contribution in [0, 0.1) is 0 Å². The van der Waals surface area contributed by atoms with Gasteiger partial charge in [0.15, 0.2) is 0 Å². The summed E-state index contributed by atoms with van der Waals surface area (Å²) in [5.74, 6) is 0.424. The minimum absolute atomic E-state index is 0.0678. The molecule has 4 heteroatoms. The Kier molecular flexibility index (Phi) is 5.25. The third kappa shape index (κ3) is 3.97. The maximum absolute atomic E-state index is 10.2. The average Bonchev–Trinajstić information content (AvgIpc) is 2.74. The Hall–Kier alpha value is -3.66. The van der Waals surface area contributed by atoms with Gasteiger partial charge in [-0.15, -0.1) is 0 Å². The summed E-state index contributed by atoms with van der Waals surface area (Å²) in [5.41, 5.74) is 1.43. The van der Waals surface area contributed by atoms with Gasteiger partial charge in [-0.2, -0.15) is 0 Å². The lowest BCUT2D eigenvalue weighted by atomic mass is 10.0. The second-order valence-electron chi connectivity index (χ2n) is 7.06. The van der Waals surface area contributed by atoms with Crippen LogP contribution in [0.2, 0.25) is 0 Å². The Bertz CT molecular complexity index is 1230. The first kappa shape index (κ1) is 18.7. The van der Waals surface area contributed by atoms with E-state index in [1.807, 2.05) is 67.6 Å². The summed E-state index contributed by atoms with van der Waals surface area (Å²) in [7, 11) is 0. The Morgan fingerprint density at radius 2 is 1.24 bits per heavy atom. The minimum atomic E-state index is -0.0678. The van der Waals surface area contributed by atoms with Gasteiger partial charge in [-0.25, -0.2) is 0 Å². The Morgan fingerprint density at radius 1 is 0.724 bits per heavy atom. The lowest BCUT2D eigenvalue weighted by molar-refractivity contribution is 0.474. The van der Waals surface area contributed by atoms with Crippen molar-refractivity contribution in [2.24, 2.45) is 9.98 Å². The Morgan fingerprint density at radius 3 is 1.83 bits per heavy atom. The number of rotatable bonds is 5. The van der Waals surface area contributed by atoms with Gasteiger partial charge >= 0.3 is 0 Å². The fourth-order valence-electron chi connectivity index (χ4n) is 3.39. The second-order valence-corrected chi connectivity index (χ2v) is 7.06. The molecule has 0 amide bonds. The molecule has 144 valence electrons. The van der Waals surface area contributed by atoms with Crippen LogP contribution >= 0.6 is 0 Å². The highest BCUT2D eigenvalue weighted by atomic mass is 16.3. The molecule has 0 saturated carbocycles. The quantitative estimate of drug-likeness (QED) is 0.458. The first-order valence-corrected chi connectivity index (χ1v) is 9.58.